The van der Waals surface area contributed by atoms with Crippen molar-refractivity contribution in [3.8, 4) is 0 Å². The first-order valence-corrected chi connectivity index (χ1v) is 4.82. The van der Waals surface area contributed by atoms with Crippen LogP contribution >= 0.6 is 11.6 Å². The highest BCUT2D eigenvalue weighted by Gasteiger charge is 2.04. The summed E-state index contributed by atoms with van der Waals surface area (Å²) in [6, 6.07) is 7.20. The van der Waals surface area contributed by atoms with Gasteiger partial charge in [0, 0.05) is 0 Å². The van der Waals surface area contributed by atoms with Crippen LogP contribution in [0.15, 0.2) is 24.3 Å². The quantitative estimate of drug-likeness (QED) is 0.729. The first-order chi connectivity index (χ1) is 7.66. The Hall–Kier alpha value is -2.08. The number of rotatable bonds is 2. The zero-order valence-electron chi connectivity index (χ0n) is 8.18. The van der Waals surface area contributed by atoms with E-state index in [-0.39, 0.29) is 17.6 Å². The van der Waals surface area contributed by atoms with Crippen molar-refractivity contribution >= 4 is 34.9 Å². The molecule has 82 valence electrons. The monoisotopic (exact) mass is 236 g/mol. The summed E-state index contributed by atoms with van der Waals surface area (Å²) in [4.78, 5) is 3.92. The molecule has 0 amide bonds. The number of benzene rings is 1. The molecule has 0 fully saturated rings. The molecule has 1 aromatic heterocycles. The van der Waals surface area contributed by atoms with Gasteiger partial charge in [-0.15, -0.1) is 10.2 Å². The molecule has 0 aliphatic rings. The van der Waals surface area contributed by atoms with Gasteiger partial charge in [0.2, 0.25) is 5.95 Å². The van der Waals surface area contributed by atoms with Gasteiger partial charge in [-0.1, -0.05) is 23.7 Å². The van der Waals surface area contributed by atoms with Crippen LogP contribution in [0.3, 0.4) is 0 Å². The van der Waals surface area contributed by atoms with E-state index in [1.807, 2.05) is 12.1 Å². The average molecular weight is 237 g/mol. The fourth-order valence-electron chi connectivity index (χ4n) is 1.08. The SMILES string of the molecule is Nc1nnc(Nc2ccccc2Cl)nc1N. The Bertz CT molecular complexity index is 515. The third-order valence-electron chi connectivity index (χ3n) is 1.86. The summed E-state index contributed by atoms with van der Waals surface area (Å²) >= 11 is 5.95. The number of nitrogen functional groups attached to an aromatic ring is 2. The molecule has 6 nitrogen and oxygen atoms in total. The zero-order chi connectivity index (χ0) is 11.5. The number of aromatic nitrogens is 3. The Labute approximate surface area is 96.6 Å². The summed E-state index contributed by atoms with van der Waals surface area (Å²) in [6.07, 6.45) is 0. The normalized spacial score (nSPS) is 10.1. The summed E-state index contributed by atoms with van der Waals surface area (Å²) in [5, 5.41) is 10.8. The number of nitrogens with one attached hydrogen (secondary N) is 1. The van der Waals surface area contributed by atoms with E-state index in [0.29, 0.717) is 10.7 Å². The number of nitrogens with two attached hydrogens (primary N) is 2. The van der Waals surface area contributed by atoms with E-state index in [2.05, 4.69) is 20.5 Å². The molecule has 1 heterocycles. The molecule has 7 heteroatoms. The lowest BCUT2D eigenvalue weighted by atomic mass is 10.3. The van der Waals surface area contributed by atoms with E-state index in [4.69, 9.17) is 23.1 Å². The van der Waals surface area contributed by atoms with E-state index in [9.17, 15) is 0 Å². The molecule has 0 aliphatic heterocycles. The highest BCUT2D eigenvalue weighted by Crippen LogP contribution is 2.23. The second-order valence-electron chi connectivity index (χ2n) is 3.01. The molecular weight excluding hydrogens is 228 g/mol. The van der Waals surface area contributed by atoms with Crippen molar-refractivity contribution in [2.75, 3.05) is 16.8 Å². The second-order valence-corrected chi connectivity index (χ2v) is 3.42. The molecule has 0 saturated carbocycles. The van der Waals surface area contributed by atoms with Crippen LogP contribution in [-0.4, -0.2) is 15.2 Å². The maximum absolute atomic E-state index is 5.95. The number of anilines is 4. The summed E-state index contributed by atoms with van der Waals surface area (Å²) in [5.74, 6) is 0.481. The lowest BCUT2D eigenvalue weighted by molar-refractivity contribution is 0.996. The van der Waals surface area contributed by atoms with Crippen molar-refractivity contribution in [2.24, 2.45) is 0 Å². The summed E-state index contributed by atoms with van der Waals surface area (Å²) in [5.41, 5.74) is 11.6. The first-order valence-electron chi connectivity index (χ1n) is 4.44. The molecule has 1 aromatic carbocycles. The van der Waals surface area contributed by atoms with E-state index in [1.165, 1.54) is 0 Å². The van der Waals surface area contributed by atoms with E-state index in [0.717, 1.165) is 0 Å². The molecule has 0 spiro atoms. The number of hydrogen-bond donors (Lipinski definition) is 3. The molecule has 0 bridgehead atoms. The molecule has 16 heavy (non-hydrogen) atoms. The van der Waals surface area contributed by atoms with Gasteiger partial charge in [0.05, 0.1) is 10.7 Å². The molecule has 0 aliphatic carbocycles. The molecule has 2 aromatic rings. The van der Waals surface area contributed by atoms with Gasteiger partial charge in [-0.2, -0.15) is 4.98 Å². The molecule has 0 atom stereocenters. The van der Waals surface area contributed by atoms with Gasteiger partial charge < -0.3 is 16.8 Å². The summed E-state index contributed by atoms with van der Waals surface area (Å²) in [6.45, 7) is 0. The van der Waals surface area contributed by atoms with Crippen LogP contribution in [0.25, 0.3) is 0 Å². The van der Waals surface area contributed by atoms with Gasteiger partial charge in [-0.3, -0.25) is 0 Å². The minimum atomic E-state index is 0.102. The first kappa shape index (κ1) is 10.4. The lowest BCUT2D eigenvalue weighted by Crippen LogP contribution is -2.06. The molecule has 0 radical (unpaired) electrons. The molecule has 2 rings (SSSR count). The Balaban J connectivity index is 2.28. The predicted octanol–water partition coefficient (Wildman–Crippen LogP) is 1.43. The van der Waals surface area contributed by atoms with Crippen LogP contribution in [0, 0.1) is 0 Å². The summed E-state index contributed by atoms with van der Waals surface area (Å²) in [7, 11) is 0. The number of para-hydroxylation sites is 1. The fraction of sp³-hybridized carbons (Fsp3) is 0. The van der Waals surface area contributed by atoms with Crippen molar-refractivity contribution in [3.05, 3.63) is 29.3 Å². The smallest absolute Gasteiger partial charge is 0.249 e. The third kappa shape index (κ3) is 2.12. The Morgan fingerprint density at radius 2 is 1.81 bits per heavy atom. The van der Waals surface area contributed by atoms with Crippen molar-refractivity contribution in [1.82, 2.24) is 15.2 Å². The zero-order valence-corrected chi connectivity index (χ0v) is 8.94. The molecule has 0 unspecified atom stereocenters. The van der Waals surface area contributed by atoms with Crippen LogP contribution < -0.4 is 16.8 Å². The van der Waals surface area contributed by atoms with Crippen LogP contribution in [0.1, 0.15) is 0 Å². The van der Waals surface area contributed by atoms with Gasteiger partial charge in [0.25, 0.3) is 0 Å². The molecule has 5 N–H and O–H groups in total. The standard InChI is InChI=1S/C9H9ClN6/c10-5-3-1-2-4-6(5)13-9-14-7(11)8(12)15-16-9/h1-4H,(H2,12,15)(H3,11,13,14,16). The van der Waals surface area contributed by atoms with Gasteiger partial charge in [0.15, 0.2) is 11.6 Å². The topological polar surface area (TPSA) is 103 Å². The lowest BCUT2D eigenvalue weighted by Gasteiger charge is -2.06. The van der Waals surface area contributed by atoms with Crippen LogP contribution in [0.5, 0.6) is 0 Å². The van der Waals surface area contributed by atoms with Crippen LogP contribution in [0.4, 0.5) is 23.3 Å². The van der Waals surface area contributed by atoms with E-state index < -0.39 is 0 Å². The van der Waals surface area contributed by atoms with Crippen LogP contribution in [-0.2, 0) is 0 Å². The highest BCUT2D eigenvalue weighted by atomic mass is 35.5. The fourth-order valence-corrected chi connectivity index (χ4v) is 1.27. The second kappa shape index (κ2) is 4.19. The Kier molecular flexibility index (Phi) is 2.74. The maximum atomic E-state index is 5.95. The van der Waals surface area contributed by atoms with Crippen molar-refractivity contribution in [3.63, 3.8) is 0 Å². The number of halogens is 1. The third-order valence-corrected chi connectivity index (χ3v) is 2.19. The van der Waals surface area contributed by atoms with Gasteiger partial charge >= 0.3 is 0 Å². The number of hydrogen-bond acceptors (Lipinski definition) is 6. The van der Waals surface area contributed by atoms with Crippen molar-refractivity contribution < 1.29 is 0 Å². The highest BCUT2D eigenvalue weighted by molar-refractivity contribution is 6.33. The van der Waals surface area contributed by atoms with Crippen LogP contribution in [0.2, 0.25) is 5.02 Å². The van der Waals surface area contributed by atoms with E-state index in [1.54, 1.807) is 12.1 Å². The minimum absolute atomic E-state index is 0.102. The number of nitrogens with zero attached hydrogens (tertiary/aromatic N) is 3. The van der Waals surface area contributed by atoms with Gasteiger partial charge in [-0.25, -0.2) is 0 Å². The maximum Gasteiger partial charge on any atom is 0.249 e. The van der Waals surface area contributed by atoms with Crippen molar-refractivity contribution in [1.29, 1.82) is 0 Å². The Morgan fingerprint density at radius 1 is 1.06 bits per heavy atom. The average Bonchev–Trinajstić information content (AvgIpc) is 2.27. The van der Waals surface area contributed by atoms with Gasteiger partial charge in [-0.05, 0) is 12.1 Å². The largest absolute Gasteiger partial charge is 0.380 e. The molecular formula is C9H9ClN6. The Morgan fingerprint density at radius 3 is 2.50 bits per heavy atom. The molecule has 0 saturated heterocycles. The van der Waals surface area contributed by atoms with E-state index >= 15 is 0 Å². The predicted molar refractivity (Wildman–Crippen MR) is 63.4 cm³/mol. The summed E-state index contributed by atoms with van der Waals surface area (Å²) < 4.78 is 0. The minimum Gasteiger partial charge on any atom is -0.380 e. The van der Waals surface area contributed by atoms with Crippen molar-refractivity contribution in [2.45, 2.75) is 0 Å². The van der Waals surface area contributed by atoms with Gasteiger partial charge in [0.1, 0.15) is 0 Å².